The van der Waals surface area contributed by atoms with Gasteiger partial charge in [-0.15, -0.1) is 0 Å². The summed E-state index contributed by atoms with van der Waals surface area (Å²) >= 11 is 0. The summed E-state index contributed by atoms with van der Waals surface area (Å²) in [5.74, 6) is -0.125. The fourth-order valence-electron chi connectivity index (χ4n) is 3.11. The summed E-state index contributed by atoms with van der Waals surface area (Å²) in [7, 11) is 0. The van der Waals surface area contributed by atoms with Crippen molar-refractivity contribution in [1.82, 2.24) is 10.2 Å². The molecule has 3 heterocycles. The summed E-state index contributed by atoms with van der Waals surface area (Å²) in [5.41, 5.74) is 3.46. The summed E-state index contributed by atoms with van der Waals surface area (Å²) in [6.07, 6.45) is 8.80. The van der Waals surface area contributed by atoms with E-state index in [1.54, 1.807) is 29.2 Å². The molecule has 3 aliphatic rings. The number of amides is 3. The molecule has 0 spiro atoms. The molecule has 1 atom stereocenters. The van der Waals surface area contributed by atoms with E-state index in [1.807, 2.05) is 24.7 Å². The highest BCUT2D eigenvalue weighted by Gasteiger charge is 2.24. The summed E-state index contributed by atoms with van der Waals surface area (Å²) in [4.78, 5) is 26.1. The fraction of sp³-hybridized carbons (Fsp3) is 0.263. The molecule has 26 heavy (non-hydrogen) atoms. The maximum absolute atomic E-state index is 12.4. The lowest BCUT2D eigenvalue weighted by molar-refractivity contribution is -0.124. The largest absolute Gasteiger partial charge is 0.368 e. The summed E-state index contributed by atoms with van der Waals surface area (Å²) in [6, 6.07) is 6.86. The van der Waals surface area contributed by atoms with Gasteiger partial charge in [0.05, 0.1) is 6.54 Å². The van der Waals surface area contributed by atoms with Crippen LogP contribution in [0.5, 0.6) is 0 Å². The number of anilines is 2. The van der Waals surface area contributed by atoms with Crippen LogP contribution in [0.25, 0.3) is 0 Å². The molecule has 1 saturated heterocycles. The quantitative estimate of drug-likeness (QED) is 0.781. The van der Waals surface area contributed by atoms with Crippen molar-refractivity contribution >= 4 is 23.3 Å². The SMILES string of the molecule is O=C(Nc1ccc(NC(=O)N2C=C3C=CNC=C3C2)cc1)C1CCCO1. The van der Waals surface area contributed by atoms with Gasteiger partial charge in [0.2, 0.25) is 0 Å². The lowest BCUT2D eigenvalue weighted by atomic mass is 10.1. The Labute approximate surface area is 151 Å². The number of allylic oxidation sites excluding steroid dienone is 1. The van der Waals surface area contributed by atoms with E-state index in [0.29, 0.717) is 24.5 Å². The van der Waals surface area contributed by atoms with Crippen molar-refractivity contribution in [3.8, 4) is 0 Å². The van der Waals surface area contributed by atoms with E-state index in [0.717, 1.165) is 24.0 Å². The Kier molecular flexibility index (Phi) is 4.45. The predicted octanol–water partition coefficient (Wildman–Crippen LogP) is 2.54. The maximum atomic E-state index is 12.4. The molecule has 0 bridgehead atoms. The van der Waals surface area contributed by atoms with Gasteiger partial charge >= 0.3 is 6.03 Å². The molecule has 7 heteroatoms. The Bertz CT molecular complexity index is 805. The van der Waals surface area contributed by atoms with Gasteiger partial charge in [0, 0.05) is 36.6 Å². The van der Waals surface area contributed by atoms with Crippen LogP contribution in [0.15, 0.2) is 60.1 Å². The Morgan fingerprint density at radius 1 is 1.15 bits per heavy atom. The van der Waals surface area contributed by atoms with E-state index in [2.05, 4.69) is 16.0 Å². The molecule has 1 unspecified atom stereocenters. The average Bonchev–Trinajstić information content (AvgIpc) is 3.33. The minimum absolute atomic E-state index is 0.125. The first kappa shape index (κ1) is 16.4. The number of carbonyl (C=O) groups is 2. The number of urea groups is 1. The van der Waals surface area contributed by atoms with E-state index in [4.69, 9.17) is 4.74 Å². The van der Waals surface area contributed by atoms with Crippen molar-refractivity contribution in [3.05, 3.63) is 60.1 Å². The van der Waals surface area contributed by atoms with E-state index >= 15 is 0 Å². The van der Waals surface area contributed by atoms with Gasteiger partial charge in [0.15, 0.2) is 0 Å². The second-order valence-corrected chi connectivity index (χ2v) is 6.38. The van der Waals surface area contributed by atoms with Gasteiger partial charge in [-0.25, -0.2) is 4.79 Å². The second-order valence-electron chi connectivity index (χ2n) is 6.38. The van der Waals surface area contributed by atoms with Crippen LogP contribution in [0, 0.1) is 0 Å². The normalized spacial score (nSPS) is 20.8. The first-order valence-electron chi connectivity index (χ1n) is 8.63. The molecule has 4 rings (SSSR count). The Morgan fingerprint density at radius 2 is 1.92 bits per heavy atom. The second kappa shape index (κ2) is 7.05. The highest BCUT2D eigenvalue weighted by atomic mass is 16.5. The Morgan fingerprint density at radius 3 is 2.62 bits per heavy atom. The summed E-state index contributed by atoms with van der Waals surface area (Å²) in [5, 5.41) is 8.72. The Balaban J connectivity index is 1.34. The van der Waals surface area contributed by atoms with Gasteiger partial charge in [-0.2, -0.15) is 0 Å². The van der Waals surface area contributed by atoms with Crippen molar-refractivity contribution in [2.24, 2.45) is 0 Å². The van der Waals surface area contributed by atoms with E-state index < -0.39 is 0 Å². The van der Waals surface area contributed by atoms with Crippen LogP contribution in [-0.2, 0) is 9.53 Å². The number of hydrogen-bond donors (Lipinski definition) is 3. The summed E-state index contributed by atoms with van der Waals surface area (Å²) < 4.78 is 5.37. The molecule has 1 fully saturated rings. The zero-order valence-corrected chi connectivity index (χ0v) is 14.2. The van der Waals surface area contributed by atoms with Gasteiger partial charge in [0.1, 0.15) is 6.10 Å². The maximum Gasteiger partial charge on any atom is 0.326 e. The van der Waals surface area contributed by atoms with Crippen LogP contribution in [-0.4, -0.2) is 36.1 Å². The molecule has 0 aliphatic carbocycles. The number of rotatable bonds is 3. The molecular formula is C19H20N4O3. The smallest absolute Gasteiger partial charge is 0.326 e. The number of fused-ring (bicyclic) bond motifs is 1. The Hall–Kier alpha value is -3.06. The molecule has 1 aromatic rings. The molecule has 0 aromatic heterocycles. The van der Waals surface area contributed by atoms with Crippen LogP contribution in [0.1, 0.15) is 12.8 Å². The number of nitrogens with zero attached hydrogens (tertiary/aromatic N) is 1. The first-order valence-corrected chi connectivity index (χ1v) is 8.63. The molecule has 134 valence electrons. The number of hydrogen-bond acceptors (Lipinski definition) is 4. The van der Waals surface area contributed by atoms with E-state index in [-0.39, 0.29) is 18.0 Å². The van der Waals surface area contributed by atoms with Crippen LogP contribution >= 0.6 is 0 Å². The standard InChI is InChI=1S/C19H20N4O3/c24-18(17-2-1-9-26-17)21-15-3-5-16(6-4-15)22-19(25)23-11-13-7-8-20-10-14(13)12-23/h3-8,10-11,17,20H,1-2,9,12H2,(H,21,24)(H,22,25). The zero-order chi connectivity index (χ0) is 17.9. The molecule has 3 aliphatic heterocycles. The van der Waals surface area contributed by atoms with Crippen molar-refractivity contribution in [3.63, 3.8) is 0 Å². The van der Waals surface area contributed by atoms with Gasteiger partial charge in [-0.1, -0.05) is 0 Å². The number of nitrogens with one attached hydrogen (secondary N) is 3. The average molecular weight is 352 g/mol. The fourth-order valence-corrected chi connectivity index (χ4v) is 3.11. The third-order valence-corrected chi connectivity index (χ3v) is 4.51. The third kappa shape index (κ3) is 3.48. The van der Waals surface area contributed by atoms with Crippen LogP contribution < -0.4 is 16.0 Å². The molecule has 3 N–H and O–H groups in total. The highest BCUT2D eigenvalue weighted by molar-refractivity contribution is 5.95. The number of dihydropyridines is 1. The number of carbonyl (C=O) groups excluding carboxylic acids is 2. The molecule has 0 saturated carbocycles. The van der Waals surface area contributed by atoms with E-state index in [1.165, 1.54) is 0 Å². The van der Waals surface area contributed by atoms with Crippen molar-refractivity contribution < 1.29 is 14.3 Å². The molecule has 7 nitrogen and oxygen atoms in total. The van der Waals surface area contributed by atoms with E-state index in [9.17, 15) is 9.59 Å². The van der Waals surface area contributed by atoms with Crippen LogP contribution in [0.2, 0.25) is 0 Å². The van der Waals surface area contributed by atoms with Gasteiger partial charge in [-0.3, -0.25) is 9.69 Å². The summed E-state index contributed by atoms with van der Waals surface area (Å²) in [6.45, 7) is 1.17. The predicted molar refractivity (Wildman–Crippen MR) is 98.2 cm³/mol. The minimum Gasteiger partial charge on any atom is -0.368 e. The van der Waals surface area contributed by atoms with Crippen molar-refractivity contribution in [1.29, 1.82) is 0 Å². The lowest BCUT2D eigenvalue weighted by Gasteiger charge is -2.15. The van der Waals surface area contributed by atoms with Crippen molar-refractivity contribution in [2.75, 3.05) is 23.8 Å². The third-order valence-electron chi connectivity index (χ3n) is 4.51. The first-order chi connectivity index (χ1) is 12.7. The van der Waals surface area contributed by atoms with Gasteiger partial charge < -0.3 is 20.7 Å². The molecule has 3 amide bonds. The molecular weight excluding hydrogens is 332 g/mol. The monoisotopic (exact) mass is 352 g/mol. The highest BCUT2D eigenvalue weighted by Crippen LogP contribution is 2.24. The molecule has 1 aromatic carbocycles. The van der Waals surface area contributed by atoms with Crippen LogP contribution in [0.3, 0.4) is 0 Å². The van der Waals surface area contributed by atoms with Gasteiger partial charge in [0.25, 0.3) is 5.91 Å². The van der Waals surface area contributed by atoms with Gasteiger partial charge in [-0.05, 0) is 54.3 Å². The lowest BCUT2D eigenvalue weighted by Crippen LogP contribution is -2.29. The van der Waals surface area contributed by atoms with Crippen molar-refractivity contribution in [2.45, 2.75) is 18.9 Å². The topological polar surface area (TPSA) is 82.7 Å². The molecule has 0 radical (unpaired) electrons. The number of ether oxygens (including phenoxy) is 1. The minimum atomic E-state index is -0.362. The number of benzene rings is 1. The zero-order valence-electron chi connectivity index (χ0n) is 14.2. The van der Waals surface area contributed by atoms with Crippen LogP contribution in [0.4, 0.5) is 16.2 Å².